The second kappa shape index (κ2) is 7.81. The number of nitrogens with one attached hydrogen (secondary N) is 1. The zero-order chi connectivity index (χ0) is 17.8. The fourth-order valence-corrected chi connectivity index (χ4v) is 3.16. The largest absolute Gasteiger partial charge is 0.324 e. The van der Waals surface area contributed by atoms with Crippen molar-refractivity contribution in [3.63, 3.8) is 0 Å². The van der Waals surface area contributed by atoms with Gasteiger partial charge in [0.1, 0.15) is 0 Å². The lowest BCUT2D eigenvalue weighted by Gasteiger charge is -2.31. The van der Waals surface area contributed by atoms with Crippen LogP contribution in [0, 0.1) is 6.92 Å². The van der Waals surface area contributed by atoms with Crippen molar-refractivity contribution in [3.8, 4) is 0 Å². The van der Waals surface area contributed by atoms with Crippen LogP contribution in [0.3, 0.4) is 0 Å². The Morgan fingerprint density at radius 3 is 2.88 bits per heavy atom. The average Bonchev–Trinajstić information content (AvgIpc) is 2.65. The molecule has 3 rings (SSSR count). The van der Waals surface area contributed by atoms with Crippen LogP contribution in [0.5, 0.6) is 0 Å². The van der Waals surface area contributed by atoms with E-state index in [1.165, 1.54) is 5.57 Å². The van der Waals surface area contributed by atoms with Crippen LogP contribution in [0.1, 0.15) is 24.5 Å². The molecule has 1 aromatic heterocycles. The molecule has 25 heavy (non-hydrogen) atoms. The Hall–Kier alpha value is -2.17. The Labute approximate surface area is 153 Å². The highest BCUT2D eigenvalue weighted by Crippen LogP contribution is 2.24. The number of aromatic nitrogens is 1. The highest BCUT2D eigenvalue weighted by Gasteiger charge is 2.23. The van der Waals surface area contributed by atoms with Crippen molar-refractivity contribution in [3.05, 3.63) is 65.0 Å². The second-order valence-corrected chi connectivity index (χ2v) is 6.78. The van der Waals surface area contributed by atoms with Gasteiger partial charge in [0.15, 0.2) is 0 Å². The number of nitrogens with zero attached hydrogens (tertiary/aromatic N) is 2. The summed E-state index contributed by atoms with van der Waals surface area (Å²) in [5.41, 5.74) is 4.23. The number of halogens is 1. The average molecular weight is 356 g/mol. The molecule has 0 fully saturated rings. The van der Waals surface area contributed by atoms with E-state index in [9.17, 15) is 4.79 Å². The number of rotatable bonds is 4. The maximum Gasteiger partial charge on any atom is 0.241 e. The summed E-state index contributed by atoms with van der Waals surface area (Å²) in [5.74, 6) is -0.0106. The van der Waals surface area contributed by atoms with Gasteiger partial charge in [-0.1, -0.05) is 29.8 Å². The van der Waals surface area contributed by atoms with Gasteiger partial charge in [-0.2, -0.15) is 0 Å². The number of pyridine rings is 1. The van der Waals surface area contributed by atoms with E-state index < -0.39 is 0 Å². The van der Waals surface area contributed by atoms with Gasteiger partial charge >= 0.3 is 0 Å². The predicted molar refractivity (Wildman–Crippen MR) is 103 cm³/mol. The number of carbonyl (C=O) groups is 1. The third kappa shape index (κ3) is 4.27. The third-order valence-electron chi connectivity index (χ3n) is 4.66. The summed E-state index contributed by atoms with van der Waals surface area (Å²) in [5, 5.41) is 3.62. The van der Waals surface area contributed by atoms with Crippen LogP contribution in [0.4, 0.5) is 5.69 Å². The highest BCUT2D eigenvalue weighted by molar-refractivity contribution is 6.31. The smallest absolute Gasteiger partial charge is 0.241 e. The number of hydrogen-bond donors (Lipinski definition) is 1. The van der Waals surface area contributed by atoms with Crippen molar-refractivity contribution >= 4 is 28.8 Å². The normalized spacial score (nSPS) is 16.2. The lowest BCUT2D eigenvalue weighted by atomic mass is 10.00. The standard InChI is InChI=1S/C20H22ClN3O/c1-14-5-6-18(21)12-19(14)23-20(25)15(2)24-10-7-16(8-11-24)17-4-3-9-22-13-17/h3-7,9,12-13,15H,8,10-11H2,1-2H3,(H,23,25)/t15-/m0/s1. The van der Waals surface area contributed by atoms with Gasteiger partial charge in [0.25, 0.3) is 0 Å². The van der Waals surface area contributed by atoms with Crippen LogP contribution < -0.4 is 5.32 Å². The molecule has 1 aromatic carbocycles. The molecule has 2 heterocycles. The topological polar surface area (TPSA) is 45.2 Å². The molecule has 1 aliphatic rings. The highest BCUT2D eigenvalue weighted by atomic mass is 35.5. The van der Waals surface area contributed by atoms with E-state index in [1.807, 2.05) is 38.2 Å². The number of hydrogen-bond acceptors (Lipinski definition) is 3. The van der Waals surface area contributed by atoms with Crippen LogP contribution in [0.2, 0.25) is 5.02 Å². The van der Waals surface area contributed by atoms with Gasteiger partial charge in [-0.05, 0) is 55.2 Å². The Kier molecular flexibility index (Phi) is 5.51. The maximum absolute atomic E-state index is 12.6. The van der Waals surface area contributed by atoms with Crippen molar-refractivity contribution in [2.45, 2.75) is 26.3 Å². The minimum absolute atomic E-state index is 0.0106. The molecular formula is C20H22ClN3O. The van der Waals surface area contributed by atoms with Gasteiger partial charge in [-0.25, -0.2) is 0 Å². The molecule has 0 aliphatic carbocycles. The molecule has 0 saturated heterocycles. The maximum atomic E-state index is 12.6. The molecule has 0 radical (unpaired) electrons. The number of aryl methyl sites for hydroxylation is 1. The Bertz CT molecular complexity index is 789. The minimum atomic E-state index is -0.204. The Morgan fingerprint density at radius 2 is 2.20 bits per heavy atom. The first-order valence-corrected chi connectivity index (χ1v) is 8.83. The molecule has 1 atom stereocenters. The monoisotopic (exact) mass is 355 g/mol. The molecule has 2 aromatic rings. The summed E-state index contributed by atoms with van der Waals surface area (Å²) < 4.78 is 0. The summed E-state index contributed by atoms with van der Waals surface area (Å²) in [6, 6.07) is 9.35. The zero-order valence-electron chi connectivity index (χ0n) is 14.5. The second-order valence-electron chi connectivity index (χ2n) is 6.34. The van der Waals surface area contributed by atoms with E-state index in [-0.39, 0.29) is 11.9 Å². The van der Waals surface area contributed by atoms with E-state index in [0.717, 1.165) is 36.3 Å². The predicted octanol–water partition coefficient (Wildman–Crippen LogP) is 4.16. The van der Waals surface area contributed by atoms with E-state index in [0.29, 0.717) is 5.02 Å². The van der Waals surface area contributed by atoms with E-state index in [4.69, 9.17) is 11.6 Å². The van der Waals surface area contributed by atoms with Crippen LogP contribution in [0.15, 0.2) is 48.8 Å². The summed E-state index contributed by atoms with van der Waals surface area (Å²) in [6.45, 7) is 5.51. The molecular weight excluding hydrogens is 334 g/mol. The molecule has 5 heteroatoms. The van der Waals surface area contributed by atoms with Crippen LogP contribution in [0.25, 0.3) is 5.57 Å². The zero-order valence-corrected chi connectivity index (χ0v) is 15.3. The fourth-order valence-electron chi connectivity index (χ4n) is 2.98. The number of amides is 1. The first kappa shape index (κ1) is 17.6. The lowest BCUT2D eigenvalue weighted by Crippen LogP contribution is -2.44. The van der Waals surface area contributed by atoms with Crippen LogP contribution >= 0.6 is 11.6 Å². The van der Waals surface area contributed by atoms with E-state index >= 15 is 0 Å². The minimum Gasteiger partial charge on any atom is -0.324 e. The summed E-state index contributed by atoms with van der Waals surface area (Å²) in [6.07, 6.45) is 6.78. The van der Waals surface area contributed by atoms with Gasteiger partial charge in [-0.3, -0.25) is 14.7 Å². The first-order valence-electron chi connectivity index (χ1n) is 8.45. The van der Waals surface area contributed by atoms with E-state index in [2.05, 4.69) is 27.3 Å². The Balaban J connectivity index is 1.64. The summed E-state index contributed by atoms with van der Waals surface area (Å²) in [7, 11) is 0. The molecule has 0 bridgehead atoms. The molecule has 0 saturated carbocycles. The number of carbonyl (C=O) groups excluding carboxylic acids is 1. The third-order valence-corrected chi connectivity index (χ3v) is 4.89. The van der Waals surface area contributed by atoms with Crippen LogP contribution in [-0.4, -0.2) is 34.9 Å². The fraction of sp³-hybridized carbons (Fsp3) is 0.300. The molecule has 130 valence electrons. The van der Waals surface area contributed by atoms with E-state index in [1.54, 1.807) is 12.3 Å². The molecule has 1 N–H and O–H groups in total. The first-order chi connectivity index (χ1) is 12.0. The molecule has 4 nitrogen and oxygen atoms in total. The number of benzene rings is 1. The molecule has 1 amide bonds. The van der Waals surface area contributed by atoms with Gasteiger partial charge in [0.05, 0.1) is 6.04 Å². The summed E-state index contributed by atoms with van der Waals surface area (Å²) >= 11 is 6.03. The van der Waals surface area contributed by atoms with Crippen LogP contribution in [-0.2, 0) is 4.79 Å². The Morgan fingerprint density at radius 1 is 1.36 bits per heavy atom. The van der Waals surface area contributed by atoms with Gasteiger partial charge < -0.3 is 5.32 Å². The molecule has 1 aliphatic heterocycles. The van der Waals surface area contributed by atoms with Crippen molar-refractivity contribution in [1.29, 1.82) is 0 Å². The van der Waals surface area contributed by atoms with Gasteiger partial charge in [0, 0.05) is 36.2 Å². The van der Waals surface area contributed by atoms with Gasteiger partial charge in [0.2, 0.25) is 5.91 Å². The molecule has 0 spiro atoms. The van der Waals surface area contributed by atoms with Crippen molar-refractivity contribution < 1.29 is 4.79 Å². The molecule has 0 unspecified atom stereocenters. The van der Waals surface area contributed by atoms with Crippen molar-refractivity contribution in [2.24, 2.45) is 0 Å². The van der Waals surface area contributed by atoms with Crippen molar-refractivity contribution in [2.75, 3.05) is 18.4 Å². The van der Waals surface area contributed by atoms with Gasteiger partial charge in [-0.15, -0.1) is 0 Å². The quantitative estimate of drug-likeness (QED) is 0.895. The number of anilines is 1. The van der Waals surface area contributed by atoms with Crippen molar-refractivity contribution in [1.82, 2.24) is 9.88 Å². The lowest BCUT2D eigenvalue weighted by molar-refractivity contribution is -0.120. The summed E-state index contributed by atoms with van der Waals surface area (Å²) in [4.78, 5) is 19.0. The SMILES string of the molecule is Cc1ccc(Cl)cc1NC(=O)[C@H](C)N1CC=C(c2cccnc2)CC1.